The molecule has 0 atom stereocenters. The third kappa shape index (κ3) is 6.24. The SMILES string of the molecule is [C]1=C/C=C\C=C\CCCC/C=C\C=C/1. The van der Waals surface area contributed by atoms with Crippen molar-refractivity contribution in [3.63, 3.8) is 0 Å². The molecule has 0 aromatic carbocycles. The van der Waals surface area contributed by atoms with Crippen LogP contribution in [0.5, 0.6) is 0 Å². The summed E-state index contributed by atoms with van der Waals surface area (Å²) in [6.45, 7) is 0. The lowest BCUT2D eigenvalue weighted by Gasteiger charge is -1.91. The Bertz CT molecular complexity index is 234. The fourth-order valence-corrected chi connectivity index (χ4v) is 1.22. The Labute approximate surface area is 87.0 Å². The predicted octanol–water partition coefficient (Wildman–Crippen LogP) is 4.14. The van der Waals surface area contributed by atoms with Crippen LogP contribution in [0.3, 0.4) is 0 Å². The van der Waals surface area contributed by atoms with Gasteiger partial charge in [0.05, 0.1) is 0 Å². The monoisotopic (exact) mass is 185 g/mol. The smallest absolute Gasteiger partial charge is 0.0184 e. The largest absolute Gasteiger partial charge is 0.0845 e. The molecule has 1 aliphatic carbocycles. The van der Waals surface area contributed by atoms with Crippen molar-refractivity contribution in [2.75, 3.05) is 0 Å². The lowest BCUT2D eigenvalue weighted by atomic mass is 10.1. The van der Waals surface area contributed by atoms with E-state index in [9.17, 15) is 0 Å². The normalized spacial score (nSPS) is 29.7. The molecular weight excluding hydrogens is 168 g/mol. The summed E-state index contributed by atoms with van der Waals surface area (Å²) in [6, 6.07) is 0. The highest BCUT2D eigenvalue weighted by Crippen LogP contribution is 2.02. The zero-order valence-corrected chi connectivity index (χ0v) is 8.52. The summed E-state index contributed by atoms with van der Waals surface area (Å²) >= 11 is 0. The number of hydrogen-bond acceptors (Lipinski definition) is 0. The Morgan fingerprint density at radius 1 is 0.714 bits per heavy atom. The molecule has 0 saturated heterocycles. The topological polar surface area (TPSA) is 0 Å². The average Bonchev–Trinajstić information content (AvgIpc) is 2.22. The van der Waals surface area contributed by atoms with Crippen molar-refractivity contribution in [3.8, 4) is 0 Å². The maximum absolute atomic E-state index is 3.06. The Balaban J connectivity index is 2.46. The van der Waals surface area contributed by atoms with Crippen LogP contribution < -0.4 is 0 Å². The molecule has 1 radical (unpaired) electrons. The summed E-state index contributed by atoms with van der Waals surface area (Å²) in [5, 5.41) is 0. The quantitative estimate of drug-likeness (QED) is 0.532. The summed E-state index contributed by atoms with van der Waals surface area (Å²) in [6.07, 6.45) is 26.5. The van der Waals surface area contributed by atoms with Crippen molar-refractivity contribution in [1.29, 1.82) is 0 Å². The van der Waals surface area contributed by atoms with Crippen LogP contribution in [0.2, 0.25) is 0 Å². The predicted molar refractivity (Wildman–Crippen MR) is 62.8 cm³/mol. The van der Waals surface area contributed by atoms with E-state index in [-0.39, 0.29) is 0 Å². The Morgan fingerprint density at radius 2 is 1.43 bits per heavy atom. The van der Waals surface area contributed by atoms with Gasteiger partial charge < -0.3 is 0 Å². The maximum Gasteiger partial charge on any atom is -0.0184 e. The standard InChI is InChI=1S/C14H17/c1-2-4-6-8-10-12-14-13-11-9-7-5-3-1/h1-5,9,11,13-14H,6,8,10,12H2/b3-1-,4-2+,7-5?,11-9-,14-13-. The zero-order valence-electron chi connectivity index (χ0n) is 8.52. The third-order valence-electron chi connectivity index (χ3n) is 1.98. The number of rotatable bonds is 0. The fourth-order valence-electron chi connectivity index (χ4n) is 1.22. The van der Waals surface area contributed by atoms with Crippen LogP contribution in [0.25, 0.3) is 0 Å². The second-order valence-electron chi connectivity index (χ2n) is 3.22. The van der Waals surface area contributed by atoms with Crippen molar-refractivity contribution in [3.05, 3.63) is 60.8 Å². The van der Waals surface area contributed by atoms with Crippen LogP contribution >= 0.6 is 0 Å². The van der Waals surface area contributed by atoms with Gasteiger partial charge in [-0.1, -0.05) is 54.7 Å². The molecule has 0 bridgehead atoms. The van der Waals surface area contributed by atoms with Crippen LogP contribution in [0.4, 0.5) is 0 Å². The highest BCUT2D eigenvalue weighted by molar-refractivity contribution is 5.14. The molecule has 1 rings (SSSR count). The highest BCUT2D eigenvalue weighted by atomic mass is 13.9. The van der Waals surface area contributed by atoms with Gasteiger partial charge >= 0.3 is 0 Å². The molecule has 0 unspecified atom stereocenters. The Morgan fingerprint density at radius 3 is 2.21 bits per heavy atom. The number of allylic oxidation sites excluding steroid dienone is 10. The second kappa shape index (κ2) is 8.31. The van der Waals surface area contributed by atoms with Gasteiger partial charge in [0.1, 0.15) is 0 Å². The van der Waals surface area contributed by atoms with Gasteiger partial charge in [-0.3, -0.25) is 0 Å². The van der Waals surface area contributed by atoms with Crippen LogP contribution in [-0.2, 0) is 0 Å². The highest BCUT2D eigenvalue weighted by Gasteiger charge is 1.82. The van der Waals surface area contributed by atoms with Crippen molar-refractivity contribution in [2.45, 2.75) is 25.7 Å². The molecule has 0 aromatic heterocycles. The van der Waals surface area contributed by atoms with Gasteiger partial charge in [-0.25, -0.2) is 0 Å². The fraction of sp³-hybridized carbons (Fsp3) is 0.286. The van der Waals surface area contributed by atoms with Crippen molar-refractivity contribution >= 4 is 0 Å². The maximum atomic E-state index is 3.06. The average molecular weight is 185 g/mol. The zero-order chi connectivity index (χ0) is 9.90. The van der Waals surface area contributed by atoms with Crippen LogP contribution in [0, 0.1) is 6.08 Å². The van der Waals surface area contributed by atoms with Gasteiger partial charge in [0.2, 0.25) is 0 Å². The summed E-state index contributed by atoms with van der Waals surface area (Å²) in [7, 11) is 0. The van der Waals surface area contributed by atoms with Crippen LogP contribution in [0.1, 0.15) is 25.7 Å². The molecule has 0 aliphatic heterocycles. The van der Waals surface area contributed by atoms with Gasteiger partial charge in [-0.2, -0.15) is 0 Å². The molecule has 0 amide bonds. The van der Waals surface area contributed by atoms with Crippen LogP contribution in [0.15, 0.2) is 54.7 Å². The van der Waals surface area contributed by atoms with E-state index in [1.165, 1.54) is 25.7 Å². The molecule has 14 heavy (non-hydrogen) atoms. The third-order valence-corrected chi connectivity index (χ3v) is 1.98. The number of hydrogen-bond donors (Lipinski definition) is 0. The molecule has 0 N–H and O–H groups in total. The van der Waals surface area contributed by atoms with E-state index in [0.29, 0.717) is 0 Å². The van der Waals surface area contributed by atoms with Gasteiger partial charge in [0.15, 0.2) is 0 Å². The molecule has 0 spiro atoms. The first kappa shape index (κ1) is 10.8. The van der Waals surface area contributed by atoms with Crippen molar-refractivity contribution < 1.29 is 0 Å². The minimum Gasteiger partial charge on any atom is -0.0845 e. The molecule has 0 nitrogen and oxygen atoms in total. The van der Waals surface area contributed by atoms with E-state index in [4.69, 9.17) is 0 Å². The minimum atomic E-state index is 1.18. The molecule has 0 heterocycles. The van der Waals surface area contributed by atoms with E-state index >= 15 is 0 Å². The summed E-state index contributed by atoms with van der Waals surface area (Å²) < 4.78 is 0. The Kier molecular flexibility index (Phi) is 6.39. The molecule has 0 aromatic rings. The van der Waals surface area contributed by atoms with E-state index in [0.717, 1.165) is 0 Å². The summed E-state index contributed by atoms with van der Waals surface area (Å²) in [5.41, 5.74) is 0. The van der Waals surface area contributed by atoms with Crippen molar-refractivity contribution in [1.82, 2.24) is 0 Å². The lowest BCUT2D eigenvalue weighted by molar-refractivity contribution is 0.762. The molecule has 1 aliphatic rings. The van der Waals surface area contributed by atoms with E-state index in [1.54, 1.807) is 0 Å². The van der Waals surface area contributed by atoms with E-state index in [2.05, 4.69) is 30.4 Å². The molecule has 0 fully saturated rings. The van der Waals surface area contributed by atoms with E-state index in [1.807, 2.05) is 30.4 Å². The second-order valence-corrected chi connectivity index (χ2v) is 3.22. The van der Waals surface area contributed by atoms with Gasteiger partial charge in [0.25, 0.3) is 0 Å². The first-order valence-electron chi connectivity index (χ1n) is 5.23. The summed E-state index contributed by atoms with van der Waals surface area (Å²) in [5.74, 6) is 0. The molecule has 73 valence electrons. The minimum absolute atomic E-state index is 1.18. The van der Waals surface area contributed by atoms with Gasteiger partial charge in [0, 0.05) is 0 Å². The molecular formula is C14H17. The van der Waals surface area contributed by atoms with E-state index < -0.39 is 0 Å². The lowest BCUT2D eigenvalue weighted by Crippen LogP contribution is -1.72. The Hall–Kier alpha value is -1.30. The van der Waals surface area contributed by atoms with Crippen molar-refractivity contribution in [2.24, 2.45) is 0 Å². The molecule has 0 saturated carbocycles. The van der Waals surface area contributed by atoms with Gasteiger partial charge in [-0.15, -0.1) is 0 Å². The first-order valence-corrected chi connectivity index (χ1v) is 5.23. The molecule has 0 heteroatoms. The van der Waals surface area contributed by atoms with Gasteiger partial charge in [-0.05, 0) is 31.8 Å². The first-order chi connectivity index (χ1) is 7.00. The summed E-state index contributed by atoms with van der Waals surface area (Å²) in [4.78, 5) is 0. The van der Waals surface area contributed by atoms with Crippen LogP contribution in [-0.4, -0.2) is 0 Å².